The van der Waals surface area contributed by atoms with E-state index >= 15 is 0 Å². The van der Waals surface area contributed by atoms with Crippen molar-refractivity contribution >= 4 is 15.9 Å². The average molecular weight is 378 g/mol. The Morgan fingerprint density at radius 3 is 2.50 bits per heavy atom. The van der Waals surface area contributed by atoms with Crippen molar-refractivity contribution in [3.8, 4) is 11.3 Å². The van der Waals surface area contributed by atoms with Gasteiger partial charge in [-0.15, -0.1) is 0 Å². The molecule has 1 heterocycles. The summed E-state index contributed by atoms with van der Waals surface area (Å²) in [7, 11) is 0. The maximum Gasteiger partial charge on any atom is 0.416 e. The topological polar surface area (TPSA) is 35.3 Å². The summed E-state index contributed by atoms with van der Waals surface area (Å²) < 4.78 is 48.8. The lowest BCUT2D eigenvalue weighted by Crippen LogP contribution is -2.04. The van der Waals surface area contributed by atoms with E-state index < -0.39 is 11.7 Å². The number of ether oxygens (including phenoxy) is 1. The fourth-order valence-electron chi connectivity index (χ4n) is 1.81. The van der Waals surface area contributed by atoms with Crippen LogP contribution in [0.1, 0.15) is 31.2 Å². The molecule has 0 aliphatic carbocycles. The molecule has 0 aliphatic rings. The molecule has 0 fully saturated rings. The monoisotopic (exact) mass is 377 g/mol. The Hall–Kier alpha value is -1.34. The highest BCUT2D eigenvalue weighted by molar-refractivity contribution is 9.10. The van der Waals surface area contributed by atoms with Gasteiger partial charge in [-0.2, -0.15) is 13.2 Å². The minimum absolute atomic E-state index is 0.235. The Labute approximate surface area is 134 Å². The lowest BCUT2D eigenvalue weighted by atomic mass is 10.1. The first-order valence-corrected chi connectivity index (χ1v) is 7.61. The van der Waals surface area contributed by atoms with Crippen molar-refractivity contribution in [3.05, 3.63) is 40.4 Å². The van der Waals surface area contributed by atoms with E-state index in [9.17, 15) is 13.2 Å². The van der Waals surface area contributed by atoms with Gasteiger partial charge in [0, 0.05) is 12.2 Å². The molecule has 22 heavy (non-hydrogen) atoms. The number of hydrogen-bond acceptors (Lipinski definition) is 3. The molecule has 0 saturated carbocycles. The molecule has 7 heteroatoms. The summed E-state index contributed by atoms with van der Waals surface area (Å²) in [6.45, 7) is 2.92. The molecule has 0 saturated heterocycles. The lowest BCUT2D eigenvalue weighted by Gasteiger charge is -2.06. The predicted molar refractivity (Wildman–Crippen MR) is 79.2 cm³/mol. The van der Waals surface area contributed by atoms with Crippen molar-refractivity contribution in [1.82, 2.24) is 4.98 Å². The third-order valence-corrected chi connectivity index (χ3v) is 3.52. The number of nitrogens with zero attached hydrogens (tertiary/aromatic N) is 1. The van der Waals surface area contributed by atoms with Crippen LogP contribution in [0.2, 0.25) is 0 Å². The van der Waals surface area contributed by atoms with E-state index in [1.807, 2.05) is 0 Å². The Balaban J connectivity index is 2.10. The van der Waals surface area contributed by atoms with Crippen molar-refractivity contribution in [2.75, 3.05) is 6.61 Å². The SMILES string of the molecule is CCCCOCc1nc(-c2ccc(C(F)(F)F)cc2)c(Br)o1. The molecule has 0 spiro atoms. The molecule has 120 valence electrons. The molecule has 0 bridgehead atoms. The summed E-state index contributed by atoms with van der Waals surface area (Å²) in [4.78, 5) is 4.25. The molecule has 0 amide bonds. The van der Waals surface area contributed by atoms with E-state index in [2.05, 4.69) is 27.8 Å². The van der Waals surface area contributed by atoms with Crippen molar-refractivity contribution in [3.63, 3.8) is 0 Å². The van der Waals surface area contributed by atoms with Crippen molar-refractivity contribution in [2.24, 2.45) is 0 Å². The molecule has 0 unspecified atom stereocenters. The van der Waals surface area contributed by atoms with Gasteiger partial charge in [0.05, 0.1) is 5.56 Å². The molecule has 0 radical (unpaired) electrons. The fraction of sp³-hybridized carbons (Fsp3) is 0.400. The van der Waals surface area contributed by atoms with Gasteiger partial charge in [0.2, 0.25) is 5.89 Å². The van der Waals surface area contributed by atoms with Crippen LogP contribution in [0.25, 0.3) is 11.3 Å². The number of aromatic nitrogens is 1. The van der Waals surface area contributed by atoms with Crippen molar-refractivity contribution < 1.29 is 22.3 Å². The van der Waals surface area contributed by atoms with E-state index in [4.69, 9.17) is 9.15 Å². The summed E-state index contributed by atoms with van der Waals surface area (Å²) in [5, 5.41) is 0. The fourth-order valence-corrected chi connectivity index (χ4v) is 2.31. The zero-order valence-corrected chi connectivity index (χ0v) is 13.5. The Morgan fingerprint density at radius 2 is 1.91 bits per heavy atom. The standard InChI is InChI=1S/C15H15BrF3NO2/c1-2-3-8-21-9-12-20-13(14(16)22-12)10-4-6-11(7-5-10)15(17,18)19/h4-7H,2-3,8-9H2,1H3. The summed E-state index contributed by atoms with van der Waals surface area (Å²) in [6.07, 6.45) is -2.36. The van der Waals surface area contributed by atoms with Crippen molar-refractivity contribution in [2.45, 2.75) is 32.5 Å². The average Bonchev–Trinajstić information content (AvgIpc) is 2.84. The minimum atomic E-state index is -4.35. The van der Waals surface area contributed by atoms with Gasteiger partial charge >= 0.3 is 6.18 Å². The van der Waals surface area contributed by atoms with Gasteiger partial charge in [0.25, 0.3) is 0 Å². The van der Waals surface area contributed by atoms with Crippen LogP contribution in [0.3, 0.4) is 0 Å². The van der Waals surface area contributed by atoms with Crippen LogP contribution in [0.15, 0.2) is 33.4 Å². The zero-order valence-electron chi connectivity index (χ0n) is 11.9. The van der Waals surface area contributed by atoms with Gasteiger partial charge in [0.1, 0.15) is 12.3 Å². The number of oxazole rings is 1. The number of alkyl halides is 3. The van der Waals surface area contributed by atoms with Crippen LogP contribution in [-0.4, -0.2) is 11.6 Å². The van der Waals surface area contributed by atoms with Gasteiger partial charge in [-0.25, -0.2) is 4.98 Å². The molecule has 2 rings (SSSR count). The Kier molecular flexibility index (Phi) is 5.63. The predicted octanol–water partition coefficient (Wildman–Crippen LogP) is 5.44. The van der Waals surface area contributed by atoms with Crippen LogP contribution < -0.4 is 0 Å². The van der Waals surface area contributed by atoms with Crippen LogP contribution in [0.5, 0.6) is 0 Å². The molecule has 0 atom stereocenters. The zero-order chi connectivity index (χ0) is 16.2. The molecule has 1 aromatic carbocycles. The summed E-state index contributed by atoms with van der Waals surface area (Å²) in [5.41, 5.74) is 0.310. The third kappa shape index (κ3) is 4.33. The number of unbranched alkanes of at least 4 members (excludes halogenated alkanes) is 1. The molecular formula is C15H15BrF3NO2. The first-order chi connectivity index (χ1) is 10.4. The molecule has 3 nitrogen and oxygen atoms in total. The number of halogens is 4. The van der Waals surface area contributed by atoms with E-state index in [-0.39, 0.29) is 6.61 Å². The smallest absolute Gasteiger partial charge is 0.416 e. The van der Waals surface area contributed by atoms with Crippen LogP contribution in [0.4, 0.5) is 13.2 Å². The van der Waals surface area contributed by atoms with Gasteiger partial charge in [-0.1, -0.05) is 25.5 Å². The van der Waals surface area contributed by atoms with Gasteiger partial charge < -0.3 is 9.15 Å². The van der Waals surface area contributed by atoms with E-state index in [1.165, 1.54) is 12.1 Å². The second-order valence-corrected chi connectivity index (χ2v) is 5.43. The lowest BCUT2D eigenvalue weighted by molar-refractivity contribution is -0.137. The first kappa shape index (κ1) is 17.0. The maximum atomic E-state index is 12.5. The third-order valence-electron chi connectivity index (χ3n) is 2.98. The largest absolute Gasteiger partial charge is 0.431 e. The van der Waals surface area contributed by atoms with Gasteiger partial charge in [-0.05, 0) is 34.5 Å². The highest BCUT2D eigenvalue weighted by Crippen LogP contribution is 2.33. The first-order valence-electron chi connectivity index (χ1n) is 6.82. The number of rotatable bonds is 6. The Bertz CT molecular complexity index is 608. The van der Waals surface area contributed by atoms with Crippen LogP contribution in [0, 0.1) is 0 Å². The van der Waals surface area contributed by atoms with E-state index in [0.29, 0.717) is 28.4 Å². The second-order valence-electron chi connectivity index (χ2n) is 4.71. The quantitative estimate of drug-likeness (QED) is 0.628. The van der Waals surface area contributed by atoms with E-state index in [0.717, 1.165) is 25.0 Å². The molecular weight excluding hydrogens is 363 g/mol. The van der Waals surface area contributed by atoms with Gasteiger partial charge in [-0.3, -0.25) is 0 Å². The number of benzene rings is 1. The molecule has 1 aromatic heterocycles. The summed E-state index contributed by atoms with van der Waals surface area (Å²) >= 11 is 3.23. The van der Waals surface area contributed by atoms with Gasteiger partial charge in [0.15, 0.2) is 4.67 Å². The summed E-state index contributed by atoms with van der Waals surface area (Å²) in [5.74, 6) is 0.387. The maximum absolute atomic E-state index is 12.5. The van der Waals surface area contributed by atoms with Crippen molar-refractivity contribution in [1.29, 1.82) is 0 Å². The summed E-state index contributed by atoms with van der Waals surface area (Å²) in [6, 6.07) is 4.78. The second kappa shape index (κ2) is 7.28. The molecule has 0 aliphatic heterocycles. The molecule has 2 aromatic rings. The minimum Gasteiger partial charge on any atom is -0.431 e. The van der Waals surface area contributed by atoms with E-state index in [1.54, 1.807) is 0 Å². The highest BCUT2D eigenvalue weighted by Gasteiger charge is 2.30. The Morgan fingerprint density at radius 1 is 1.23 bits per heavy atom. The normalized spacial score (nSPS) is 11.9. The number of hydrogen-bond donors (Lipinski definition) is 0. The van der Waals surface area contributed by atoms with Crippen LogP contribution >= 0.6 is 15.9 Å². The molecule has 0 N–H and O–H groups in total. The highest BCUT2D eigenvalue weighted by atomic mass is 79.9. The van der Waals surface area contributed by atoms with Crippen LogP contribution in [-0.2, 0) is 17.5 Å².